The van der Waals surface area contributed by atoms with Crippen molar-refractivity contribution in [2.24, 2.45) is 0 Å². The van der Waals surface area contributed by atoms with E-state index >= 15 is 0 Å². The summed E-state index contributed by atoms with van der Waals surface area (Å²) in [5, 5.41) is 0. The van der Waals surface area contributed by atoms with Crippen molar-refractivity contribution in [3.8, 4) is 11.1 Å². The highest BCUT2D eigenvalue weighted by atomic mass is 127. The molecule has 0 unspecified atom stereocenters. The van der Waals surface area contributed by atoms with Crippen molar-refractivity contribution in [1.29, 1.82) is 0 Å². The summed E-state index contributed by atoms with van der Waals surface area (Å²) < 4.78 is 6.57. The van der Waals surface area contributed by atoms with Crippen molar-refractivity contribution in [3.05, 3.63) is 51.6 Å². The quantitative estimate of drug-likeness (QED) is 0.710. The zero-order chi connectivity index (χ0) is 15.5. The minimum Gasteiger partial charge on any atom is -0.380 e. The van der Waals surface area contributed by atoms with E-state index in [1.54, 1.807) is 7.11 Å². The molecule has 0 atom stereocenters. The average Bonchev–Trinajstić information content (AvgIpc) is 2.95. The van der Waals surface area contributed by atoms with Gasteiger partial charge in [-0.1, -0.05) is 18.2 Å². The van der Waals surface area contributed by atoms with Crippen LogP contribution in [0.25, 0.3) is 11.1 Å². The van der Waals surface area contributed by atoms with E-state index in [-0.39, 0.29) is 5.91 Å². The second kappa shape index (κ2) is 6.79. The molecule has 0 bridgehead atoms. The highest BCUT2D eigenvalue weighted by Gasteiger charge is 2.22. The molecule has 22 heavy (non-hydrogen) atoms. The Kier molecular flexibility index (Phi) is 4.78. The molecule has 1 aliphatic heterocycles. The van der Waals surface area contributed by atoms with Crippen LogP contribution in [0.4, 0.5) is 5.69 Å². The zero-order valence-electron chi connectivity index (χ0n) is 12.5. The van der Waals surface area contributed by atoms with Crippen molar-refractivity contribution < 1.29 is 9.53 Å². The number of ether oxygens (including phenoxy) is 1. The number of hydrogen-bond donors (Lipinski definition) is 0. The summed E-state index contributed by atoms with van der Waals surface area (Å²) in [7, 11) is 1.70. The largest absolute Gasteiger partial charge is 0.380 e. The van der Waals surface area contributed by atoms with Gasteiger partial charge < -0.3 is 9.64 Å². The second-order valence-corrected chi connectivity index (χ2v) is 6.68. The molecular weight excluding hydrogens is 389 g/mol. The van der Waals surface area contributed by atoms with Gasteiger partial charge in [0.1, 0.15) is 0 Å². The van der Waals surface area contributed by atoms with Crippen LogP contribution in [-0.4, -0.2) is 19.6 Å². The van der Waals surface area contributed by atoms with E-state index < -0.39 is 0 Å². The van der Waals surface area contributed by atoms with Gasteiger partial charge in [0.15, 0.2) is 0 Å². The van der Waals surface area contributed by atoms with Gasteiger partial charge in [0.2, 0.25) is 5.91 Å². The fraction of sp³-hybridized carbons (Fsp3) is 0.278. The summed E-state index contributed by atoms with van der Waals surface area (Å²) in [5.74, 6) is 0.213. The third-order valence-corrected chi connectivity index (χ3v) is 4.65. The summed E-state index contributed by atoms with van der Waals surface area (Å²) in [6.07, 6.45) is 1.59. The molecule has 1 heterocycles. The molecule has 0 spiro atoms. The first-order chi connectivity index (χ1) is 10.7. The number of benzene rings is 2. The first kappa shape index (κ1) is 15.5. The third kappa shape index (κ3) is 3.17. The number of rotatable bonds is 4. The smallest absolute Gasteiger partial charge is 0.227 e. The van der Waals surface area contributed by atoms with Gasteiger partial charge >= 0.3 is 0 Å². The zero-order valence-corrected chi connectivity index (χ0v) is 14.7. The van der Waals surface area contributed by atoms with Crippen LogP contribution in [-0.2, 0) is 16.1 Å². The van der Waals surface area contributed by atoms with Gasteiger partial charge in [-0.05, 0) is 70.0 Å². The lowest BCUT2D eigenvalue weighted by Crippen LogP contribution is -2.23. The molecule has 0 aliphatic carbocycles. The predicted molar refractivity (Wildman–Crippen MR) is 96.9 cm³/mol. The van der Waals surface area contributed by atoms with Crippen LogP contribution in [0.2, 0.25) is 0 Å². The van der Waals surface area contributed by atoms with Crippen molar-refractivity contribution >= 4 is 34.2 Å². The van der Waals surface area contributed by atoms with Crippen LogP contribution in [0, 0.1) is 3.57 Å². The van der Waals surface area contributed by atoms with Gasteiger partial charge in [-0.3, -0.25) is 4.79 Å². The lowest BCUT2D eigenvalue weighted by Gasteiger charge is -2.19. The molecule has 114 valence electrons. The van der Waals surface area contributed by atoms with E-state index in [0.29, 0.717) is 13.0 Å². The molecule has 0 N–H and O–H groups in total. The van der Waals surface area contributed by atoms with Gasteiger partial charge in [-0.2, -0.15) is 0 Å². The fourth-order valence-corrected chi connectivity index (χ4v) is 3.21. The van der Waals surface area contributed by atoms with Crippen LogP contribution in [0.15, 0.2) is 42.5 Å². The van der Waals surface area contributed by atoms with Crippen LogP contribution < -0.4 is 4.90 Å². The Morgan fingerprint density at radius 3 is 2.59 bits per heavy atom. The molecule has 1 aliphatic rings. The van der Waals surface area contributed by atoms with Gasteiger partial charge in [0.25, 0.3) is 0 Å². The van der Waals surface area contributed by atoms with Gasteiger partial charge in [-0.15, -0.1) is 0 Å². The average molecular weight is 407 g/mol. The molecular formula is C18H18INO2. The van der Waals surface area contributed by atoms with Crippen molar-refractivity contribution in [2.45, 2.75) is 19.4 Å². The fourth-order valence-electron chi connectivity index (χ4n) is 2.86. The van der Waals surface area contributed by atoms with Gasteiger partial charge in [0.05, 0.1) is 6.61 Å². The molecule has 0 aromatic heterocycles. The number of methoxy groups -OCH3 is 1. The van der Waals surface area contributed by atoms with Crippen molar-refractivity contribution in [3.63, 3.8) is 0 Å². The maximum atomic E-state index is 11.9. The molecule has 2 aromatic carbocycles. The Balaban J connectivity index is 2.00. The van der Waals surface area contributed by atoms with Crippen LogP contribution in [0.3, 0.4) is 0 Å². The van der Waals surface area contributed by atoms with Crippen molar-refractivity contribution in [2.75, 3.05) is 18.6 Å². The molecule has 1 saturated heterocycles. The molecule has 2 aromatic rings. The lowest BCUT2D eigenvalue weighted by molar-refractivity contribution is -0.117. The first-order valence-corrected chi connectivity index (χ1v) is 8.45. The number of anilines is 1. The molecule has 3 nitrogen and oxygen atoms in total. The Labute approximate surface area is 144 Å². The SMILES string of the molecule is COCc1cc(N2CCCC2=O)ccc1-c1ccc(I)cc1. The summed E-state index contributed by atoms with van der Waals surface area (Å²) in [6.45, 7) is 1.35. The Bertz CT molecular complexity index is 682. The monoisotopic (exact) mass is 407 g/mol. The maximum absolute atomic E-state index is 11.9. The van der Waals surface area contributed by atoms with E-state index in [2.05, 4.69) is 59.0 Å². The van der Waals surface area contributed by atoms with Gasteiger partial charge in [-0.25, -0.2) is 0 Å². The number of nitrogens with zero attached hydrogens (tertiary/aromatic N) is 1. The summed E-state index contributed by atoms with van der Waals surface area (Å²) >= 11 is 2.31. The minimum absolute atomic E-state index is 0.213. The number of amides is 1. The first-order valence-electron chi connectivity index (χ1n) is 7.37. The Morgan fingerprint density at radius 1 is 1.18 bits per heavy atom. The van der Waals surface area contributed by atoms with Crippen LogP contribution in [0.1, 0.15) is 18.4 Å². The number of carbonyl (C=O) groups is 1. The summed E-state index contributed by atoms with van der Waals surface area (Å²) in [5.41, 5.74) is 4.42. The minimum atomic E-state index is 0.213. The number of hydrogen-bond acceptors (Lipinski definition) is 2. The van der Waals surface area contributed by atoms with Crippen LogP contribution in [0.5, 0.6) is 0 Å². The molecule has 4 heteroatoms. The predicted octanol–water partition coefficient (Wildman–Crippen LogP) is 4.23. The highest BCUT2D eigenvalue weighted by molar-refractivity contribution is 14.1. The van der Waals surface area contributed by atoms with Crippen molar-refractivity contribution in [1.82, 2.24) is 0 Å². The highest BCUT2D eigenvalue weighted by Crippen LogP contribution is 2.30. The van der Waals surface area contributed by atoms with Crippen LogP contribution >= 0.6 is 22.6 Å². The molecule has 1 fully saturated rings. The lowest BCUT2D eigenvalue weighted by atomic mass is 9.99. The normalized spacial score (nSPS) is 14.6. The Hall–Kier alpha value is -1.40. The van der Waals surface area contributed by atoms with E-state index in [1.807, 2.05) is 11.0 Å². The van der Waals surface area contributed by atoms with E-state index in [4.69, 9.17) is 4.74 Å². The topological polar surface area (TPSA) is 29.5 Å². The maximum Gasteiger partial charge on any atom is 0.227 e. The number of carbonyl (C=O) groups excluding carboxylic acids is 1. The molecule has 0 radical (unpaired) electrons. The van der Waals surface area contributed by atoms with E-state index in [0.717, 1.165) is 29.8 Å². The van der Waals surface area contributed by atoms with E-state index in [1.165, 1.54) is 9.13 Å². The molecule has 1 amide bonds. The van der Waals surface area contributed by atoms with E-state index in [9.17, 15) is 4.79 Å². The van der Waals surface area contributed by atoms with Gasteiger partial charge in [0, 0.05) is 29.3 Å². The standard InChI is InChI=1S/C18H18INO2/c1-22-12-14-11-16(20-10-2-3-18(20)21)8-9-17(14)13-4-6-15(19)7-5-13/h4-9,11H,2-3,10,12H2,1H3. The second-order valence-electron chi connectivity index (χ2n) is 5.43. The summed E-state index contributed by atoms with van der Waals surface area (Å²) in [4.78, 5) is 13.8. The third-order valence-electron chi connectivity index (χ3n) is 3.93. The molecule has 3 rings (SSSR count). The number of halogens is 1. The molecule has 0 saturated carbocycles. The Morgan fingerprint density at radius 2 is 1.95 bits per heavy atom. The summed E-state index contributed by atoms with van der Waals surface area (Å²) in [6, 6.07) is 14.7.